The summed E-state index contributed by atoms with van der Waals surface area (Å²) in [7, 11) is 0. The smallest absolute Gasteiger partial charge is 0.227 e. The van der Waals surface area contributed by atoms with Crippen molar-refractivity contribution in [2.24, 2.45) is 0 Å². The Kier molecular flexibility index (Phi) is 11.8. The number of nitrogens with one attached hydrogen (secondary N) is 1. The number of halogens is 3. The van der Waals surface area contributed by atoms with Gasteiger partial charge in [-0.2, -0.15) is 0 Å². The summed E-state index contributed by atoms with van der Waals surface area (Å²) >= 11 is 17.8. The number of carbonyl (C=O) groups excluding carboxylic acids is 1. The first-order valence-corrected chi connectivity index (χ1v) is 9.91. The van der Waals surface area contributed by atoms with Gasteiger partial charge in [0.15, 0.2) is 0 Å². The zero-order valence-corrected chi connectivity index (χ0v) is 19.0. The Labute approximate surface area is 189 Å². The summed E-state index contributed by atoms with van der Waals surface area (Å²) in [6.45, 7) is 5.71. The van der Waals surface area contributed by atoms with Crippen LogP contribution >= 0.6 is 34.8 Å². The largest absolute Gasteiger partial charge is 0.353 e. The lowest BCUT2D eigenvalue weighted by atomic mass is 10.1. The summed E-state index contributed by atoms with van der Waals surface area (Å²) in [6, 6.07) is 5.26. The van der Waals surface area contributed by atoms with Gasteiger partial charge in [-0.15, -0.1) is 0 Å². The number of allylic oxidation sites excluding steroid dienone is 1. The van der Waals surface area contributed by atoms with Gasteiger partial charge in [-0.25, -0.2) is 14.8 Å². The lowest BCUT2D eigenvalue weighted by Gasteiger charge is -2.07. The molecular weight excluding hydrogens is 455 g/mol. The number of hydrogen-bond donors (Lipinski definition) is 3. The maximum absolute atomic E-state index is 11.4. The molecule has 0 bridgehead atoms. The van der Waals surface area contributed by atoms with E-state index in [0.717, 1.165) is 16.8 Å². The third-order valence-electron chi connectivity index (χ3n) is 3.61. The molecule has 0 spiro atoms. The van der Waals surface area contributed by atoms with Crippen LogP contribution in [0.3, 0.4) is 0 Å². The molecule has 0 saturated heterocycles. The molecule has 0 aliphatic heterocycles. The summed E-state index contributed by atoms with van der Waals surface area (Å²) in [5.74, 6) is 0.177. The highest BCUT2D eigenvalue weighted by atomic mass is 35.5. The number of aromatic nitrogens is 2. The quantitative estimate of drug-likeness (QED) is 0.402. The van der Waals surface area contributed by atoms with Crippen molar-refractivity contribution < 1.29 is 20.0 Å². The van der Waals surface area contributed by atoms with E-state index in [4.69, 9.17) is 45.2 Å². The predicted molar refractivity (Wildman–Crippen MR) is 116 cm³/mol. The highest BCUT2D eigenvalue weighted by Crippen LogP contribution is 2.30. The van der Waals surface area contributed by atoms with Gasteiger partial charge in [0, 0.05) is 33.5 Å². The first-order chi connectivity index (χ1) is 14.1. The van der Waals surface area contributed by atoms with Gasteiger partial charge >= 0.3 is 0 Å². The van der Waals surface area contributed by atoms with Crippen molar-refractivity contribution in [3.63, 3.8) is 0 Å². The Morgan fingerprint density at radius 1 is 1.30 bits per heavy atom. The van der Waals surface area contributed by atoms with Crippen LogP contribution in [0.2, 0.25) is 10.0 Å². The SMILES string of the molecule is C/C=C(/Cl)c1cc(Cl)cc(Cl)c1C.Cc1ccnc(CC(=O)NCCON(O)O)n1. The standard InChI is InChI=1S/C10H9Cl3.C9H14N4O4/c1-3-9(12)8-4-7(11)5-10(13)6(8)2;1-7-2-3-10-8(12-7)6-9(14)11-4-5-17-13(15)16/h3-5H,1-2H3;2-3,15-16H,4-6H2,1H3,(H,11,14)/b9-3+;. The molecular formula is C19H23Cl3N4O4. The van der Waals surface area contributed by atoms with Gasteiger partial charge < -0.3 is 5.32 Å². The monoisotopic (exact) mass is 476 g/mol. The molecule has 0 aliphatic rings. The third kappa shape index (κ3) is 9.82. The minimum atomic E-state index is -0.407. The number of carbonyl (C=O) groups is 1. The van der Waals surface area contributed by atoms with E-state index in [9.17, 15) is 4.79 Å². The predicted octanol–water partition coefficient (Wildman–Crippen LogP) is 4.36. The topological polar surface area (TPSA) is 108 Å². The van der Waals surface area contributed by atoms with Crippen LogP contribution in [0.5, 0.6) is 0 Å². The summed E-state index contributed by atoms with van der Waals surface area (Å²) in [6.07, 6.45) is 3.48. The van der Waals surface area contributed by atoms with Gasteiger partial charge in [-0.1, -0.05) is 40.9 Å². The van der Waals surface area contributed by atoms with Gasteiger partial charge in [0.1, 0.15) is 5.82 Å². The second-order valence-corrected chi connectivity index (χ2v) is 7.17. The molecule has 164 valence electrons. The van der Waals surface area contributed by atoms with Crippen LogP contribution < -0.4 is 5.32 Å². The molecule has 1 heterocycles. The third-order valence-corrected chi connectivity index (χ3v) is 4.65. The molecule has 1 aromatic heterocycles. The highest BCUT2D eigenvalue weighted by molar-refractivity contribution is 6.49. The number of rotatable bonds is 7. The fraction of sp³-hybridized carbons (Fsp3) is 0.316. The average molecular weight is 478 g/mol. The maximum atomic E-state index is 11.4. The minimum Gasteiger partial charge on any atom is -0.353 e. The fourth-order valence-electron chi connectivity index (χ4n) is 2.16. The van der Waals surface area contributed by atoms with Crippen LogP contribution in [0, 0.1) is 13.8 Å². The minimum absolute atomic E-state index is 0.0482. The van der Waals surface area contributed by atoms with Crippen LogP contribution in [0.1, 0.15) is 29.6 Å². The molecule has 0 radical (unpaired) electrons. The molecule has 30 heavy (non-hydrogen) atoms. The zero-order chi connectivity index (χ0) is 22.7. The second-order valence-electron chi connectivity index (χ2n) is 5.92. The van der Waals surface area contributed by atoms with Crippen molar-refractivity contribution in [1.82, 2.24) is 20.7 Å². The van der Waals surface area contributed by atoms with Gasteiger partial charge in [0.25, 0.3) is 0 Å². The van der Waals surface area contributed by atoms with Crippen LogP contribution in [0.15, 0.2) is 30.5 Å². The second kappa shape index (κ2) is 13.5. The van der Waals surface area contributed by atoms with E-state index < -0.39 is 5.39 Å². The molecule has 0 unspecified atom stereocenters. The van der Waals surface area contributed by atoms with Crippen LogP contribution in [0.25, 0.3) is 5.03 Å². The molecule has 8 nitrogen and oxygen atoms in total. The first kappa shape index (κ1) is 26.3. The Hall–Kier alpha value is -1.78. The van der Waals surface area contributed by atoms with Crippen molar-refractivity contribution in [2.45, 2.75) is 27.2 Å². The Morgan fingerprint density at radius 3 is 2.60 bits per heavy atom. The van der Waals surface area contributed by atoms with E-state index in [1.54, 1.807) is 18.3 Å². The average Bonchev–Trinajstić information content (AvgIpc) is 2.68. The Bertz CT molecular complexity index is 879. The molecule has 2 rings (SSSR count). The van der Waals surface area contributed by atoms with Crippen molar-refractivity contribution in [3.8, 4) is 0 Å². The fourth-order valence-corrected chi connectivity index (χ4v) is 2.85. The van der Waals surface area contributed by atoms with E-state index >= 15 is 0 Å². The summed E-state index contributed by atoms with van der Waals surface area (Å²) in [5, 5.41) is 20.5. The van der Waals surface area contributed by atoms with Crippen LogP contribution in [-0.4, -0.2) is 44.8 Å². The molecule has 1 amide bonds. The molecule has 0 atom stereocenters. The highest BCUT2D eigenvalue weighted by Gasteiger charge is 2.07. The van der Waals surface area contributed by atoms with E-state index in [1.807, 2.05) is 32.9 Å². The number of benzene rings is 1. The van der Waals surface area contributed by atoms with Gasteiger partial charge in [-0.3, -0.25) is 15.2 Å². The molecule has 0 aliphatic carbocycles. The van der Waals surface area contributed by atoms with E-state index in [2.05, 4.69) is 20.1 Å². The molecule has 11 heteroatoms. The maximum Gasteiger partial charge on any atom is 0.227 e. The van der Waals surface area contributed by atoms with Crippen LogP contribution in [0.4, 0.5) is 0 Å². The van der Waals surface area contributed by atoms with Crippen molar-refractivity contribution >= 4 is 45.7 Å². The summed E-state index contributed by atoms with van der Waals surface area (Å²) in [5.41, 5.74) is 2.64. The summed E-state index contributed by atoms with van der Waals surface area (Å²) < 4.78 is 0. The van der Waals surface area contributed by atoms with Gasteiger partial charge in [0.2, 0.25) is 5.91 Å². The molecule has 3 N–H and O–H groups in total. The van der Waals surface area contributed by atoms with E-state index in [1.165, 1.54) is 0 Å². The Morgan fingerprint density at radius 2 is 2.00 bits per heavy atom. The lowest BCUT2D eigenvalue weighted by Crippen LogP contribution is -2.31. The molecule has 2 aromatic rings. The van der Waals surface area contributed by atoms with E-state index in [0.29, 0.717) is 20.9 Å². The molecule has 0 saturated carbocycles. The normalized spacial score (nSPS) is 11.2. The van der Waals surface area contributed by atoms with E-state index in [-0.39, 0.29) is 25.5 Å². The lowest BCUT2D eigenvalue weighted by molar-refractivity contribution is -0.491. The summed E-state index contributed by atoms with van der Waals surface area (Å²) in [4.78, 5) is 23.7. The van der Waals surface area contributed by atoms with Gasteiger partial charge in [0.05, 0.1) is 18.4 Å². The van der Waals surface area contributed by atoms with Crippen molar-refractivity contribution in [3.05, 3.63) is 63.2 Å². The zero-order valence-electron chi connectivity index (χ0n) is 16.7. The molecule has 1 aromatic carbocycles. The van der Waals surface area contributed by atoms with Crippen molar-refractivity contribution in [2.75, 3.05) is 13.2 Å². The molecule has 0 fully saturated rings. The first-order valence-electron chi connectivity index (χ1n) is 8.77. The number of nitrogens with zero attached hydrogens (tertiary/aromatic N) is 3. The van der Waals surface area contributed by atoms with Crippen LogP contribution in [-0.2, 0) is 16.1 Å². The number of amides is 1. The number of aryl methyl sites for hydroxylation is 1. The van der Waals surface area contributed by atoms with Gasteiger partial charge in [-0.05, 0) is 50.1 Å². The van der Waals surface area contributed by atoms with Crippen molar-refractivity contribution in [1.29, 1.82) is 0 Å². The number of hydrogen-bond acceptors (Lipinski definition) is 7. The Balaban J connectivity index is 0.000000311.